The number of benzene rings is 1. The molecule has 0 spiro atoms. The van der Waals surface area contributed by atoms with Crippen LogP contribution < -0.4 is 0 Å². The van der Waals surface area contributed by atoms with Gasteiger partial charge in [0.2, 0.25) is 12.2 Å². The van der Waals surface area contributed by atoms with Crippen molar-refractivity contribution in [2.75, 3.05) is 13.1 Å². The van der Waals surface area contributed by atoms with E-state index in [1.807, 2.05) is 0 Å². The minimum absolute atomic E-state index is 0.122. The highest BCUT2D eigenvalue weighted by Gasteiger charge is 2.59. The first-order valence-corrected chi connectivity index (χ1v) is 7.16. The van der Waals surface area contributed by atoms with Crippen molar-refractivity contribution < 1.29 is 13.2 Å². The van der Waals surface area contributed by atoms with Crippen LogP contribution in [0, 0.1) is 23.6 Å². The molecule has 22 heavy (non-hydrogen) atoms. The van der Waals surface area contributed by atoms with Crippen LogP contribution in [0.3, 0.4) is 0 Å². The van der Waals surface area contributed by atoms with Crippen LogP contribution in [0.4, 0.5) is 13.2 Å². The van der Waals surface area contributed by atoms with Gasteiger partial charge in [-0.15, -0.1) is 10.2 Å². The van der Waals surface area contributed by atoms with E-state index in [0.29, 0.717) is 25.2 Å². The van der Waals surface area contributed by atoms with E-state index in [1.54, 1.807) is 12.1 Å². The first-order chi connectivity index (χ1) is 10.6. The van der Waals surface area contributed by atoms with Gasteiger partial charge in [-0.25, -0.2) is 13.2 Å². The normalized spacial score (nSPS) is 27.4. The molecular weight excluding hydrogens is 295 g/mol. The number of rotatable bonds is 4. The summed E-state index contributed by atoms with van der Waals surface area (Å²) in [6.45, 7) is 2.00. The predicted octanol–water partition coefficient (Wildman–Crippen LogP) is 1.95. The van der Waals surface area contributed by atoms with E-state index in [9.17, 15) is 13.2 Å². The van der Waals surface area contributed by atoms with Gasteiger partial charge in [0.1, 0.15) is 5.82 Å². The molecule has 5 nitrogen and oxygen atoms in total. The highest BCUT2D eigenvalue weighted by molar-refractivity contribution is 5.56. The highest BCUT2D eigenvalue weighted by Crippen LogP contribution is 2.54. The number of nitrogens with zero attached hydrogens (tertiary/aromatic N) is 4. The summed E-state index contributed by atoms with van der Waals surface area (Å²) in [6.07, 6.45) is -2.20. The lowest BCUT2D eigenvalue weighted by Gasteiger charge is -2.19. The molecule has 4 rings (SSSR count). The van der Waals surface area contributed by atoms with Crippen LogP contribution in [0.2, 0.25) is 0 Å². The van der Waals surface area contributed by atoms with E-state index in [2.05, 4.69) is 25.5 Å². The first kappa shape index (κ1) is 13.7. The maximum absolute atomic E-state index is 13.8. The molecule has 1 unspecified atom stereocenters. The van der Waals surface area contributed by atoms with Crippen LogP contribution in [0.25, 0.3) is 11.4 Å². The zero-order chi connectivity index (χ0) is 15.3. The Morgan fingerprint density at radius 3 is 2.68 bits per heavy atom. The summed E-state index contributed by atoms with van der Waals surface area (Å²) in [6, 6.07) is 4.77. The van der Waals surface area contributed by atoms with Crippen molar-refractivity contribution in [1.29, 1.82) is 0 Å². The number of piperidine rings is 1. The fraction of sp³-hybridized carbons (Fsp3) is 0.500. The Bertz CT molecular complexity index is 663. The summed E-state index contributed by atoms with van der Waals surface area (Å²) in [4.78, 5) is 2.14. The van der Waals surface area contributed by atoms with Crippen LogP contribution in [0.5, 0.6) is 0 Å². The van der Waals surface area contributed by atoms with E-state index in [1.165, 1.54) is 6.07 Å². The maximum Gasteiger partial charge on any atom is 0.242 e. The molecule has 1 saturated heterocycles. The number of aromatic nitrogens is 4. The Balaban J connectivity index is 1.46. The second kappa shape index (κ2) is 5.05. The third kappa shape index (κ3) is 2.27. The third-order valence-corrected chi connectivity index (χ3v) is 4.65. The predicted molar refractivity (Wildman–Crippen MR) is 71.3 cm³/mol. The Morgan fingerprint density at radius 2 is 2.05 bits per heavy atom. The second-order valence-electron chi connectivity index (χ2n) is 5.98. The largest absolute Gasteiger partial charge is 0.298 e. The zero-order valence-electron chi connectivity index (χ0n) is 11.6. The molecule has 2 fully saturated rings. The number of H-pyrrole nitrogens is 1. The standard InChI is InChI=1S/C14H14F3N5/c15-11-2-1-7(3-8(11)14-18-20-21-19-14)4-22-5-9-10(6-22)12(9)13(16)17/h1-3,9-10,12-13H,4-6H2,(H,18,19,20,21)/t9-,10+,12?. The van der Waals surface area contributed by atoms with Crippen molar-refractivity contribution in [2.45, 2.75) is 13.0 Å². The Morgan fingerprint density at radius 1 is 1.27 bits per heavy atom. The minimum Gasteiger partial charge on any atom is -0.298 e. The number of nitrogens with one attached hydrogen (secondary N) is 1. The summed E-state index contributed by atoms with van der Waals surface area (Å²) in [5.41, 5.74) is 1.21. The SMILES string of the molecule is Fc1ccc(CN2C[C@@H]3C(C(F)F)[C@@H]3C2)cc1-c1nn[nH]n1. The van der Waals surface area contributed by atoms with Gasteiger partial charge in [-0.1, -0.05) is 6.07 Å². The maximum atomic E-state index is 13.8. The zero-order valence-corrected chi connectivity index (χ0v) is 11.6. The molecule has 1 aromatic carbocycles. The lowest BCUT2D eigenvalue weighted by molar-refractivity contribution is 0.0955. The van der Waals surface area contributed by atoms with Crippen molar-refractivity contribution >= 4 is 0 Å². The first-order valence-electron chi connectivity index (χ1n) is 7.16. The number of aromatic amines is 1. The molecule has 2 aromatic rings. The summed E-state index contributed by atoms with van der Waals surface area (Å²) in [5.74, 6) is -0.373. The molecule has 3 atom stereocenters. The molecule has 1 saturated carbocycles. The molecule has 2 heterocycles. The molecule has 2 aliphatic rings. The van der Waals surface area contributed by atoms with Gasteiger partial charge in [-0.3, -0.25) is 4.90 Å². The fourth-order valence-corrected chi connectivity index (χ4v) is 3.54. The van der Waals surface area contributed by atoms with E-state index < -0.39 is 18.2 Å². The average molecular weight is 309 g/mol. The van der Waals surface area contributed by atoms with E-state index in [0.717, 1.165) is 5.56 Å². The quantitative estimate of drug-likeness (QED) is 0.938. The number of alkyl halides is 2. The summed E-state index contributed by atoms with van der Waals surface area (Å²) in [7, 11) is 0. The van der Waals surface area contributed by atoms with Gasteiger partial charge in [0.05, 0.1) is 5.56 Å². The Kier molecular flexibility index (Phi) is 3.14. The third-order valence-electron chi connectivity index (χ3n) is 4.65. The van der Waals surface area contributed by atoms with Gasteiger partial charge >= 0.3 is 0 Å². The summed E-state index contributed by atoms with van der Waals surface area (Å²) >= 11 is 0. The minimum atomic E-state index is -2.20. The molecular formula is C14H14F3N5. The van der Waals surface area contributed by atoms with Crippen molar-refractivity contribution in [1.82, 2.24) is 25.5 Å². The average Bonchev–Trinajstić information content (AvgIpc) is 2.88. The van der Waals surface area contributed by atoms with Crippen LogP contribution in [0.1, 0.15) is 5.56 Å². The molecule has 1 N–H and O–H groups in total. The number of hydrogen-bond acceptors (Lipinski definition) is 4. The van der Waals surface area contributed by atoms with Gasteiger partial charge in [-0.2, -0.15) is 5.21 Å². The molecule has 0 amide bonds. The molecule has 0 radical (unpaired) electrons. The molecule has 1 aliphatic carbocycles. The number of fused-ring (bicyclic) bond motifs is 1. The van der Waals surface area contributed by atoms with Crippen LogP contribution >= 0.6 is 0 Å². The number of hydrogen-bond donors (Lipinski definition) is 1. The van der Waals surface area contributed by atoms with Crippen molar-refractivity contribution in [3.05, 3.63) is 29.6 Å². The van der Waals surface area contributed by atoms with Crippen molar-refractivity contribution in [3.8, 4) is 11.4 Å². The van der Waals surface area contributed by atoms with Crippen molar-refractivity contribution in [3.63, 3.8) is 0 Å². The van der Waals surface area contributed by atoms with Gasteiger partial charge in [-0.05, 0) is 34.7 Å². The Labute approximate surface area is 124 Å². The Hall–Kier alpha value is -1.96. The van der Waals surface area contributed by atoms with Gasteiger partial charge in [0, 0.05) is 25.6 Å². The topological polar surface area (TPSA) is 57.7 Å². The lowest BCUT2D eigenvalue weighted by Crippen LogP contribution is -2.25. The number of halogens is 3. The van der Waals surface area contributed by atoms with Gasteiger partial charge < -0.3 is 0 Å². The summed E-state index contributed by atoms with van der Waals surface area (Å²) < 4.78 is 39.2. The fourth-order valence-electron chi connectivity index (χ4n) is 3.54. The molecule has 0 bridgehead atoms. The van der Waals surface area contributed by atoms with Gasteiger partial charge in [0.25, 0.3) is 0 Å². The lowest BCUT2D eigenvalue weighted by atomic mass is 10.1. The summed E-state index contributed by atoms with van der Waals surface area (Å²) in [5, 5.41) is 13.3. The molecule has 1 aromatic heterocycles. The molecule has 1 aliphatic heterocycles. The molecule has 116 valence electrons. The number of tetrazole rings is 1. The van der Waals surface area contributed by atoms with E-state index >= 15 is 0 Å². The van der Waals surface area contributed by atoms with Crippen molar-refractivity contribution in [2.24, 2.45) is 17.8 Å². The van der Waals surface area contributed by atoms with Gasteiger partial charge in [0.15, 0.2) is 0 Å². The molecule has 8 heteroatoms. The highest BCUT2D eigenvalue weighted by atomic mass is 19.3. The number of likely N-dealkylation sites (tertiary alicyclic amines) is 1. The van der Waals surface area contributed by atoms with E-state index in [-0.39, 0.29) is 17.7 Å². The van der Waals surface area contributed by atoms with Crippen LogP contribution in [-0.2, 0) is 6.54 Å². The van der Waals surface area contributed by atoms with Crippen LogP contribution in [-0.4, -0.2) is 45.0 Å². The van der Waals surface area contributed by atoms with Crippen LogP contribution in [0.15, 0.2) is 18.2 Å². The van der Waals surface area contributed by atoms with E-state index in [4.69, 9.17) is 0 Å². The smallest absolute Gasteiger partial charge is 0.242 e. The second-order valence-corrected chi connectivity index (χ2v) is 5.98. The monoisotopic (exact) mass is 309 g/mol.